The number of ketones is 1. The lowest BCUT2D eigenvalue weighted by Crippen LogP contribution is -2.66. The number of hydrogen-bond acceptors (Lipinski definition) is 5. The van der Waals surface area contributed by atoms with Crippen molar-refractivity contribution in [1.29, 1.82) is 0 Å². The fraction of sp³-hybridized carbons (Fsp3) is 0.857. The Hall–Kier alpha value is -1.69. The van der Waals surface area contributed by atoms with Crippen LogP contribution in [0.4, 0.5) is 0 Å². The summed E-state index contributed by atoms with van der Waals surface area (Å²) < 4.78 is 5.13. The van der Waals surface area contributed by atoms with Gasteiger partial charge in [0.1, 0.15) is 6.04 Å². The number of aliphatic hydroxyl groups excluding tert-OH is 1. The Labute approximate surface area is 247 Å². The highest BCUT2D eigenvalue weighted by Gasteiger charge is 2.70. The van der Waals surface area contributed by atoms with Crippen LogP contribution in [0.3, 0.4) is 0 Å². The van der Waals surface area contributed by atoms with E-state index in [2.05, 4.69) is 46.9 Å². The van der Waals surface area contributed by atoms with Crippen molar-refractivity contribution in [2.24, 2.45) is 50.2 Å². The molecule has 0 aromatic heterocycles. The summed E-state index contributed by atoms with van der Waals surface area (Å²) in [4.78, 5) is 40.4. The lowest BCUT2D eigenvalue weighted by atomic mass is 9.33. The summed E-state index contributed by atoms with van der Waals surface area (Å²) >= 11 is 0. The second-order valence-electron chi connectivity index (χ2n) is 16.6. The van der Waals surface area contributed by atoms with Crippen LogP contribution in [0.15, 0.2) is 11.6 Å². The van der Waals surface area contributed by atoms with E-state index in [0.29, 0.717) is 12.3 Å². The van der Waals surface area contributed by atoms with Crippen molar-refractivity contribution in [3.8, 4) is 0 Å². The average Bonchev–Trinajstić information content (AvgIpc) is 2.88. The maximum atomic E-state index is 14.5. The van der Waals surface area contributed by atoms with Crippen LogP contribution in [-0.4, -0.2) is 41.5 Å². The summed E-state index contributed by atoms with van der Waals surface area (Å²) in [7, 11) is 0. The van der Waals surface area contributed by atoms with Crippen LogP contribution in [0, 0.1) is 50.2 Å². The Balaban J connectivity index is 1.50. The van der Waals surface area contributed by atoms with Crippen molar-refractivity contribution in [2.75, 3.05) is 6.61 Å². The minimum Gasteiger partial charge on any atom is -0.464 e. The Morgan fingerprint density at radius 3 is 2.32 bits per heavy atom. The minimum atomic E-state index is -0.687. The zero-order chi connectivity index (χ0) is 30.4. The van der Waals surface area contributed by atoms with Gasteiger partial charge in [-0.25, -0.2) is 4.79 Å². The van der Waals surface area contributed by atoms with Crippen molar-refractivity contribution in [2.45, 2.75) is 132 Å². The molecule has 2 unspecified atom stereocenters. The monoisotopic (exact) mass is 569 g/mol. The van der Waals surface area contributed by atoms with E-state index >= 15 is 0 Å². The van der Waals surface area contributed by atoms with Crippen LogP contribution in [0.5, 0.6) is 0 Å². The number of amides is 1. The van der Waals surface area contributed by atoms with E-state index in [1.807, 2.05) is 13.0 Å². The molecule has 6 nitrogen and oxygen atoms in total. The van der Waals surface area contributed by atoms with Crippen LogP contribution < -0.4 is 5.32 Å². The number of aliphatic hydroxyl groups is 1. The molecule has 0 saturated heterocycles. The highest BCUT2D eigenvalue weighted by atomic mass is 16.5. The van der Waals surface area contributed by atoms with Gasteiger partial charge in [0.05, 0.1) is 12.7 Å². The average molecular weight is 570 g/mol. The number of fused-ring (bicyclic) bond motifs is 7. The molecule has 10 atom stereocenters. The summed E-state index contributed by atoms with van der Waals surface area (Å²) in [6.45, 7) is 19.8. The fourth-order valence-electron chi connectivity index (χ4n) is 11.1. The van der Waals surface area contributed by atoms with Crippen molar-refractivity contribution in [1.82, 2.24) is 5.32 Å². The van der Waals surface area contributed by atoms with E-state index in [1.54, 1.807) is 13.8 Å². The molecule has 41 heavy (non-hydrogen) atoms. The van der Waals surface area contributed by atoms with E-state index in [4.69, 9.17) is 4.74 Å². The SMILES string of the molecule is CCOC(=O)[C@H](C)NC(=O)[C@@]1(C)CC[C@]2(C)CC[C@]3(C)C(=CC(=O)C4[C@@]5(C)CC[C@H](O)C(C)(C)C5CC[C@]43C)[C@@H]2C1. The van der Waals surface area contributed by atoms with Crippen LogP contribution >= 0.6 is 0 Å². The van der Waals surface area contributed by atoms with Gasteiger partial charge in [-0.15, -0.1) is 0 Å². The van der Waals surface area contributed by atoms with Gasteiger partial charge >= 0.3 is 5.97 Å². The molecule has 1 amide bonds. The van der Waals surface area contributed by atoms with E-state index in [9.17, 15) is 19.5 Å². The molecule has 6 heteroatoms. The van der Waals surface area contributed by atoms with Gasteiger partial charge in [-0.2, -0.15) is 0 Å². The lowest BCUT2D eigenvalue weighted by molar-refractivity contribution is -0.202. The number of esters is 1. The molecule has 5 aliphatic carbocycles. The lowest BCUT2D eigenvalue weighted by Gasteiger charge is -2.70. The van der Waals surface area contributed by atoms with E-state index in [0.717, 1.165) is 51.4 Å². The van der Waals surface area contributed by atoms with Gasteiger partial charge in [-0.3, -0.25) is 9.59 Å². The van der Waals surface area contributed by atoms with Crippen molar-refractivity contribution in [3.05, 3.63) is 11.6 Å². The van der Waals surface area contributed by atoms with Crippen molar-refractivity contribution < 1.29 is 24.2 Å². The van der Waals surface area contributed by atoms with Crippen molar-refractivity contribution >= 4 is 17.7 Å². The quantitative estimate of drug-likeness (QED) is 0.383. The van der Waals surface area contributed by atoms with E-state index < -0.39 is 17.4 Å². The topological polar surface area (TPSA) is 92.7 Å². The first-order valence-electron chi connectivity index (χ1n) is 16.3. The highest BCUT2D eigenvalue weighted by molar-refractivity contribution is 5.96. The molecule has 0 bridgehead atoms. The molecular weight excluding hydrogens is 514 g/mol. The van der Waals surface area contributed by atoms with Crippen LogP contribution in [-0.2, 0) is 19.1 Å². The number of carbonyl (C=O) groups is 3. The second kappa shape index (κ2) is 9.66. The van der Waals surface area contributed by atoms with Gasteiger partial charge in [0.25, 0.3) is 0 Å². The summed E-state index contributed by atoms with van der Waals surface area (Å²) in [6.07, 6.45) is 9.98. The number of ether oxygens (including phenoxy) is 1. The molecule has 0 radical (unpaired) electrons. The van der Waals surface area contributed by atoms with Gasteiger partial charge in [0.2, 0.25) is 5.91 Å². The maximum absolute atomic E-state index is 14.5. The molecule has 5 rings (SSSR count). The van der Waals surface area contributed by atoms with Gasteiger partial charge < -0.3 is 15.2 Å². The largest absolute Gasteiger partial charge is 0.464 e. The number of allylic oxidation sites excluding steroid dienone is 2. The van der Waals surface area contributed by atoms with Gasteiger partial charge in [-0.1, -0.05) is 54.0 Å². The maximum Gasteiger partial charge on any atom is 0.328 e. The summed E-state index contributed by atoms with van der Waals surface area (Å²) in [5.41, 5.74) is 0.110. The number of hydrogen-bond donors (Lipinski definition) is 2. The zero-order valence-corrected chi connectivity index (χ0v) is 27.1. The minimum absolute atomic E-state index is 0.0534. The molecule has 0 heterocycles. The first kappa shape index (κ1) is 30.8. The Morgan fingerprint density at radius 1 is 1.00 bits per heavy atom. The molecule has 0 aromatic carbocycles. The highest BCUT2D eigenvalue weighted by Crippen LogP contribution is 2.75. The van der Waals surface area contributed by atoms with Gasteiger partial charge in [0, 0.05) is 11.3 Å². The van der Waals surface area contributed by atoms with Crippen LogP contribution in [0.2, 0.25) is 0 Å². The molecule has 0 aliphatic heterocycles. The van der Waals surface area contributed by atoms with Crippen LogP contribution in [0.25, 0.3) is 0 Å². The second-order valence-corrected chi connectivity index (χ2v) is 16.6. The first-order chi connectivity index (χ1) is 18.9. The first-order valence-corrected chi connectivity index (χ1v) is 16.3. The zero-order valence-electron chi connectivity index (χ0n) is 27.1. The molecule has 230 valence electrons. The van der Waals surface area contributed by atoms with Gasteiger partial charge in [-0.05, 0) is 117 Å². The number of nitrogens with one attached hydrogen (secondary N) is 1. The molecule has 0 spiro atoms. The molecule has 4 fully saturated rings. The molecule has 4 saturated carbocycles. The summed E-state index contributed by atoms with van der Waals surface area (Å²) in [5.74, 6) is 0.197. The van der Waals surface area contributed by atoms with Gasteiger partial charge in [0.15, 0.2) is 5.78 Å². The predicted octanol–water partition coefficient (Wildman–Crippen LogP) is 6.40. The molecular formula is C35H55NO5. The molecule has 0 aromatic rings. The summed E-state index contributed by atoms with van der Waals surface area (Å²) in [5, 5.41) is 13.9. The third-order valence-electron chi connectivity index (χ3n) is 14.1. The number of rotatable bonds is 4. The smallest absolute Gasteiger partial charge is 0.328 e. The standard InChI is InChI=1S/C35H55NO5/c1-10-41-28(39)21(2)36-29(40)32(6)16-15-31(5)17-18-34(8)22(23(31)20-32)19-24(37)27-33(7)13-12-26(38)30(3,4)25(33)11-14-35(27,34)9/h19,21,23,25-27,38H,10-18,20H2,1-9H3,(H,36,40)/t21-,23-,25?,26-,27?,31+,32-,33-,34+,35+/m0/s1. The van der Waals surface area contributed by atoms with Crippen LogP contribution in [0.1, 0.15) is 120 Å². The molecule has 2 N–H and O–H groups in total. The normalized spacial score (nSPS) is 47.5. The van der Waals surface area contributed by atoms with E-state index in [1.165, 1.54) is 5.57 Å². The molecule has 5 aliphatic rings. The summed E-state index contributed by atoms with van der Waals surface area (Å²) in [6, 6.07) is -0.687. The fourth-order valence-corrected chi connectivity index (χ4v) is 11.1. The Morgan fingerprint density at radius 2 is 1.66 bits per heavy atom. The predicted molar refractivity (Wildman–Crippen MR) is 160 cm³/mol. The third-order valence-corrected chi connectivity index (χ3v) is 14.1. The third kappa shape index (κ3) is 4.23. The Bertz CT molecular complexity index is 1160. The Kier molecular flexibility index (Phi) is 7.24. The van der Waals surface area contributed by atoms with E-state index in [-0.39, 0.29) is 63.3 Å². The number of carbonyl (C=O) groups excluding carboxylic acids is 3. The van der Waals surface area contributed by atoms with Crippen molar-refractivity contribution in [3.63, 3.8) is 0 Å².